The maximum absolute atomic E-state index is 3.31. The lowest BCUT2D eigenvalue weighted by atomic mass is 9.85. The third-order valence-corrected chi connectivity index (χ3v) is 5.73. The molecule has 1 unspecified atom stereocenters. The van der Waals surface area contributed by atoms with Gasteiger partial charge < -0.3 is 0 Å². The minimum Gasteiger partial charge on any atom is -0.0804 e. The van der Waals surface area contributed by atoms with Crippen LogP contribution in [0.5, 0.6) is 0 Å². The number of aryl methyl sites for hydroxylation is 1. The van der Waals surface area contributed by atoms with Crippen LogP contribution >= 0.6 is 0 Å². The van der Waals surface area contributed by atoms with Gasteiger partial charge in [-0.2, -0.15) is 0 Å². The molecule has 1 aliphatic carbocycles. The van der Waals surface area contributed by atoms with Crippen LogP contribution in [0.2, 0.25) is 0 Å². The highest BCUT2D eigenvalue weighted by molar-refractivity contribution is 5.67. The Hall–Kier alpha value is -2.26. The van der Waals surface area contributed by atoms with E-state index in [1.807, 2.05) is 0 Å². The summed E-state index contributed by atoms with van der Waals surface area (Å²) in [6.07, 6.45) is 12.6. The lowest BCUT2D eigenvalue weighted by Crippen LogP contribution is -2.03. The fraction of sp³-hybridized carbons (Fsp3) is 0.407. The van der Waals surface area contributed by atoms with E-state index >= 15 is 0 Å². The Morgan fingerprint density at radius 3 is 2.07 bits per heavy atom. The van der Waals surface area contributed by atoms with Gasteiger partial charge in [0.25, 0.3) is 0 Å². The summed E-state index contributed by atoms with van der Waals surface area (Å²) >= 11 is 0. The molecule has 0 fully saturated rings. The van der Waals surface area contributed by atoms with Crippen LogP contribution in [0, 0.1) is 17.8 Å². The van der Waals surface area contributed by atoms with Crippen molar-refractivity contribution in [2.45, 2.75) is 65.2 Å². The van der Waals surface area contributed by atoms with Gasteiger partial charge in [-0.3, -0.25) is 0 Å². The van der Waals surface area contributed by atoms with Crippen molar-refractivity contribution in [2.75, 3.05) is 0 Å². The molecule has 2 aromatic rings. The Labute approximate surface area is 165 Å². The number of hydrogen-bond donors (Lipinski definition) is 0. The Bertz CT molecular complexity index is 794. The Morgan fingerprint density at radius 2 is 1.52 bits per heavy atom. The molecular weight excluding hydrogens is 324 g/mol. The molecule has 0 N–H and O–H groups in total. The van der Waals surface area contributed by atoms with Crippen molar-refractivity contribution in [2.24, 2.45) is 5.92 Å². The van der Waals surface area contributed by atoms with Gasteiger partial charge in [0, 0.05) is 11.1 Å². The first-order valence-electron chi connectivity index (χ1n) is 10.7. The maximum Gasteiger partial charge on any atom is 0.0249 e. The molecule has 0 aromatic heterocycles. The van der Waals surface area contributed by atoms with Gasteiger partial charge in [0.1, 0.15) is 0 Å². The van der Waals surface area contributed by atoms with Crippen molar-refractivity contribution in [3.8, 4) is 11.8 Å². The largest absolute Gasteiger partial charge is 0.0804 e. The molecule has 0 saturated heterocycles. The van der Waals surface area contributed by atoms with Crippen LogP contribution in [0.3, 0.4) is 0 Å². The molecule has 27 heavy (non-hydrogen) atoms. The van der Waals surface area contributed by atoms with Gasteiger partial charge in [0.15, 0.2) is 0 Å². The molecule has 0 nitrogen and oxygen atoms in total. The molecule has 0 spiro atoms. The zero-order chi connectivity index (χ0) is 18.9. The van der Waals surface area contributed by atoms with E-state index in [-0.39, 0.29) is 0 Å². The van der Waals surface area contributed by atoms with Gasteiger partial charge in [0.2, 0.25) is 0 Å². The molecule has 0 amide bonds. The highest BCUT2D eigenvalue weighted by atomic mass is 14.2. The molecule has 1 atom stereocenters. The van der Waals surface area contributed by atoms with E-state index in [2.05, 4.69) is 80.3 Å². The van der Waals surface area contributed by atoms with Crippen molar-refractivity contribution >= 4 is 5.57 Å². The molecule has 0 heterocycles. The molecule has 0 radical (unpaired) electrons. The molecule has 0 saturated carbocycles. The third-order valence-electron chi connectivity index (χ3n) is 5.73. The van der Waals surface area contributed by atoms with E-state index in [1.165, 1.54) is 68.1 Å². The summed E-state index contributed by atoms with van der Waals surface area (Å²) in [5, 5.41) is 0. The van der Waals surface area contributed by atoms with Crippen LogP contribution in [0.1, 0.15) is 81.0 Å². The maximum atomic E-state index is 3.31. The average molecular weight is 357 g/mol. The summed E-state index contributed by atoms with van der Waals surface area (Å²) in [7, 11) is 0. The minimum absolute atomic E-state index is 0.886. The molecule has 0 heteroatoms. The van der Waals surface area contributed by atoms with E-state index in [1.54, 1.807) is 0 Å². The molecule has 0 aliphatic heterocycles. The first-order chi connectivity index (χ1) is 13.3. The fourth-order valence-corrected chi connectivity index (χ4v) is 3.77. The van der Waals surface area contributed by atoms with E-state index in [4.69, 9.17) is 0 Å². The monoisotopic (exact) mass is 356 g/mol. The lowest BCUT2D eigenvalue weighted by Gasteiger charge is -2.20. The van der Waals surface area contributed by atoms with Crippen LogP contribution in [0.25, 0.3) is 5.57 Å². The summed E-state index contributed by atoms with van der Waals surface area (Å²) in [6, 6.07) is 17.5. The van der Waals surface area contributed by atoms with Crippen LogP contribution in [-0.2, 0) is 6.42 Å². The lowest BCUT2D eigenvalue weighted by molar-refractivity contribution is 0.471. The Kier molecular flexibility index (Phi) is 7.35. The second kappa shape index (κ2) is 10.2. The minimum atomic E-state index is 0.886. The van der Waals surface area contributed by atoms with Crippen molar-refractivity contribution in [1.29, 1.82) is 0 Å². The predicted octanol–water partition coefficient (Wildman–Crippen LogP) is 7.41. The normalized spacial score (nSPS) is 16.4. The van der Waals surface area contributed by atoms with Gasteiger partial charge in [0.05, 0.1) is 0 Å². The van der Waals surface area contributed by atoms with E-state index in [0.717, 1.165) is 17.0 Å². The zero-order valence-electron chi connectivity index (χ0n) is 16.9. The van der Waals surface area contributed by atoms with Crippen LogP contribution < -0.4 is 0 Å². The number of unbranched alkanes of at least 4 members (excludes halogenated alkanes) is 2. The number of allylic oxidation sites excluding steroid dienone is 2. The van der Waals surface area contributed by atoms with Crippen molar-refractivity contribution in [3.05, 3.63) is 76.9 Å². The summed E-state index contributed by atoms with van der Waals surface area (Å²) in [5.41, 5.74) is 6.49. The number of benzene rings is 2. The molecule has 3 rings (SSSR count). The second-order valence-electron chi connectivity index (χ2n) is 7.76. The predicted molar refractivity (Wildman–Crippen MR) is 118 cm³/mol. The summed E-state index contributed by atoms with van der Waals surface area (Å²) in [6.45, 7) is 4.55. The first kappa shape index (κ1) is 19.5. The van der Waals surface area contributed by atoms with Crippen LogP contribution in [-0.4, -0.2) is 0 Å². The highest BCUT2D eigenvalue weighted by Gasteiger charge is 2.13. The number of hydrogen-bond acceptors (Lipinski definition) is 0. The Balaban J connectivity index is 1.60. The standard InChI is InChI=1S/C27H32/c1-3-5-6-7-23-8-10-24(11-9-23)12-13-25-16-20-27(21-17-25)26-18-14-22(4-2)15-19-26/h8-11,16-18,20-22H,3-7,14-15,19H2,1-2H3. The van der Waals surface area contributed by atoms with E-state index < -0.39 is 0 Å². The quantitative estimate of drug-likeness (QED) is 0.373. The van der Waals surface area contributed by atoms with E-state index in [9.17, 15) is 0 Å². The highest BCUT2D eigenvalue weighted by Crippen LogP contribution is 2.31. The van der Waals surface area contributed by atoms with Gasteiger partial charge in [-0.05, 0) is 79.0 Å². The van der Waals surface area contributed by atoms with Crippen molar-refractivity contribution < 1.29 is 0 Å². The fourth-order valence-electron chi connectivity index (χ4n) is 3.77. The first-order valence-corrected chi connectivity index (χ1v) is 10.7. The van der Waals surface area contributed by atoms with Crippen molar-refractivity contribution in [3.63, 3.8) is 0 Å². The SMILES string of the molecule is CCCCCc1ccc(C#Cc2ccc(C3=CCC(CC)CC3)cc2)cc1. The smallest absolute Gasteiger partial charge is 0.0249 e. The molecule has 2 aromatic carbocycles. The zero-order valence-corrected chi connectivity index (χ0v) is 16.9. The Morgan fingerprint density at radius 1 is 0.852 bits per heavy atom. The van der Waals surface area contributed by atoms with Gasteiger partial charge >= 0.3 is 0 Å². The molecule has 1 aliphatic rings. The van der Waals surface area contributed by atoms with Gasteiger partial charge in [-0.25, -0.2) is 0 Å². The van der Waals surface area contributed by atoms with Gasteiger partial charge in [-0.1, -0.05) is 75.3 Å². The summed E-state index contributed by atoms with van der Waals surface area (Å²) < 4.78 is 0. The van der Waals surface area contributed by atoms with Crippen molar-refractivity contribution in [1.82, 2.24) is 0 Å². The summed E-state index contributed by atoms with van der Waals surface area (Å²) in [4.78, 5) is 0. The second-order valence-corrected chi connectivity index (χ2v) is 7.76. The number of rotatable bonds is 6. The topological polar surface area (TPSA) is 0 Å². The average Bonchev–Trinajstić information content (AvgIpc) is 2.74. The molecule has 0 bridgehead atoms. The summed E-state index contributed by atoms with van der Waals surface area (Å²) in [5.74, 6) is 7.50. The van der Waals surface area contributed by atoms with Gasteiger partial charge in [-0.15, -0.1) is 0 Å². The van der Waals surface area contributed by atoms with Crippen LogP contribution in [0.15, 0.2) is 54.6 Å². The molecular formula is C27H32. The third kappa shape index (κ3) is 5.86. The molecule has 140 valence electrons. The van der Waals surface area contributed by atoms with Crippen LogP contribution in [0.4, 0.5) is 0 Å². The van der Waals surface area contributed by atoms with E-state index in [0.29, 0.717) is 0 Å².